The normalized spacial score (nSPS) is 12.0. The molecule has 0 aromatic heterocycles. The highest BCUT2D eigenvalue weighted by Gasteiger charge is 2.17. The van der Waals surface area contributed by atoms with Crippen LogP contribution in [0.25, 0.3) is 0 Å². The molecule has 0 aliphatic heterocycles. The van der Waals surface area contributed by atoms with Gasteiger partial charge in [-0.25, -0.2) is 0 Å². The molecular weight excluding hydrogens is 344 g/mol. The van der Waals surface area contributed by atoms with Crippen molar-refractivity contribution in [2.75, 3.05) is 20.3 Å². The molecule has 1 aromatic rings. The molecule has 1 rings (SSSR count). The monoisotopic (exact) mass is 365 g/mol. The van der Waals surface area contributed by atoms with Gasteiger partial charge in [0.05, 0.1) is 0 Å². The molecule has 0 atom stereocenters. The molecule has 0 radical (unpaired) electrons. The molecule has 0 spiro atoms. The van der Waals surface area contributed by atoms with Crippen LogP contribution in [0, 0.1) is 5.41 Å². The maximum atomic E-state index is 12.4. The largest absolute Gasteiger partial charge is 0.434 e. The van der Waals surface area contributed by atoms with Gasteiger partial charge < -0.3 is 14.8 Å². The highest BCUT2D eigenvalue weighted by atomic mass is 79.9. The van der Waals surface area contributed by atoms with Crippen molar-refractivity contribution in [3.05, 3.63) is 28.2 Å². The van der Waals surface area contributed by atoms with E-state index in [9.17, 15) is 8.78 Å². The summed E-state index contributed by atoms with van der Waals surface area (Å²) in [6, 6.07) is 5.01. The Morgan fingerprint density at radius 1 is 1.33 bits per heavy atom. The van der Waals surface area contributed by atoms with Gasteiger partial charge >= 0.3 is 6.61 Å². The number of hydrogen-bond donors (Lipinski definition) is 1. The second kappa shape index (κ2) is 8.66. The van der Waals surface area contributed by atoms with Crippen LogP contribution in [0.15, 0.2) is 22.7 Å². The number of methoxy groups -OCH3 is 1. The number of nitrogens with one attached hydrogen (secondary N) is 1. The van der Waals surface area contributed by atoms with Gasteiger partial charge in [0, 0.05) is 36.8 Å². The van der Waals surface area contributed by atoms with E-state index in [-0.39, 0.29) is 11.2 Å². The van der Waals surface area contributed by atoms with Crippen LogP contribution in [-0.4, -0.2) is 26.9 Å². The number of halogens is 3. The molecule has 6 heteroatoms. The summed E-state index contributed by atoms with van der Waals surface area (Å²) in [6.07, 6.45) is 0.926. The highest BCUT2D eigenvalue weighted by molar-refractivity contribution is 9.10. The zero-order valence-electron chi connectivity index (χ0n) is 12.6. The Kier molecular flexibility index (Phi) is 7.56. The second-order valence-electron chi connectivity index (χ2n) is 5.64. The third kappa shape index (κ3) is 7.20. The minimum atomic E-state index is -2.82. The van der Waals surface area contributed by atoms with Crippen molar-refractivity contribution in [2.45, 2.75) is 33.4 Å². The van der Waals surface area contributed by atoms with E-state index in [4.69, 9.17) is 4.74 Å². The lowest BCUT2D eigenvalue weighted by Crippen LogP contribution is -2.30. The molecule has 0 amide bonds. The zero-order chi connectivity index (χ0) is 15.9. The third-order valence-electron chi connectivity index (χ3n) is 3.14. The molecule has 0 saturated carbocycles. The quantitative estimate of drug-likeness (QED) is 0.711. The lowest BCUT2D eigenvalue weighted by molar-refractivity contribution is -0.0505. The maximum Gasteiger partial charge on any atom is 0.387 e. The van der Waals surface area contributed by atoms with Crippen molar-refractivity contribution in [1.82, 2.24) is 5.32 Å². The fraction of sp³-hybridized carbons (Fsp3) is 0.600. The van der Waals surface area contributed by atoms with Crippen LogP contribution in [0.2, 0.25) is 0 Å². The third-order valence-corrected chi connectivity index (χ3v) is 3.63. The lowest BCUT2D eigenvalue weighted by atomic mass is 9.89. The van der Waals surface area contributed by atoms with Gasteiger partial charge in [0.1, 0.15) is 5.75 Å². The summed E-state index contributed by atoms with van der Waals surface area (Å²) in [5.74, 6) is 0.204. The van der Waals surface area contributed by atoms with E-state index >= 15 is 0 Å². The predicted octanol–water partition coefficient (Wildman–Crippen LogP) is 4.20. The Bertz CT molecular complexity index is 442. The van der Waals surface area contributed by atoms with Crippen molar-refractivity contribution < 1.29 is 18.3 Å². The van der Waals surface area contributed by atoms with E-state index in [1.54, 1.807) is 25.3 Å². The number of alkyl halides is 2. The minimum Gasteiger partial charge on any atom is -0.434 e. The molecule has 21 heavy (non-hydrogen) atoms. The lowest BCUT2D eigenvalue weighted by Gasteiger charge is -2.25. The first-order valence-electron chi connectivity index (χ1n) is 6.77. The number of benzene rings is 1. The zero-order valence-corrected chi connectivity index (χ0v) is 14.2. The molecule has 0 bridgehead atoms. The highest BCUT2D eigenvalue weighted by Crippen LogP contribution is 2.25. The van der Waals surface area contributed by atoms with Crippen LogP contribution in [0.4, 0.5) is 8.78 Å². The smallest absolute Gasteiger partial charge is 0.387 e. The van der Waals surface area contributed by atoms with Crippen molar-refractivity contribution in [3.8, 4) is 5.75 Å². The van der Waals surface area contributed by atoms with E-state index in [2.05, 4.69) is 39.8 Å². The van der Waals surface area contributed by atoms with E-state index in [0.29, 0.717) is 18.7 Å². The van der Waals surface area contributed by atoms with Gasteiger partial charge in [-0.1, -0.05) is 29.8 Å². The molecule has 0 fully saturated rings. The fourth-order valence-corrected chi connectivity index (χ4v) is 2.31. The first-order chi connectivity index (χ1) is 9.84. The summed E-state index contributed by atoms with van der Waals surface area (Å²) in [5, 5.41) is 3.29. The number of rotatable bonds is 9. The summed E-state index contributed by atoms with van der Waals surface area (Å²) >= 11 is 3.34. The summed E-state index contributed by atoms with van der Waals surface area (Å²) in [6.45, 7) is 3.38. The van der Waals surface area contributed by atoms with Gasteiger partial charge in [-0.3, -0.25) is 0 Å². The molecule has 0 saturated heterocycles. The summed E-state index contributed by atoms with van der Waals surface area (Å²) in [7, 11) is 1.68. The fourth-order valence-electron chi connectivity index (χ4n) is 1.90. The van der Waals surface area contributed by atoms with Crippen LogP contribution < -0.4 is 10.1 Å². The first-order valence-corrected chi connectivity index (χ1v) is 7.56. The van der Waals surface area contributed by atoms with Crippen molar-refractivity contribution in [2.24, 2.45) is 5.41 Å². The van der Waals surface area contributed by atoms with Gasteiger partial charge in [0.2, 0.25) is 0 Å². The number of hydrogen-bond acceptors (Lipinski definition) is 3. The van der Waals surface area contributed by atoms with Gasteiger partial charge in [0.25, 0.3) is 0 Å². The molecule has 3 nitrogen and oxygen atoms in total. The second-order valence-corrected chi connectivity index (χ2v) is 6.56. The minimum absolute atomic E-state index is 0.0752. The molecular formula is C15H22BrF2NO2. The molecule has 0 unspecified atom stereocenters. The van der Waals surface area contributed by atoms with Crippen molar-refractivity contribution >= 4 is 15.9 Å². The average molecular weight is 366 g/mol. The molecule has 0 aliphatic rings. The standard InChI is InChI=1S/C15H22BrF2NO2/c1-15(2,6-7-20-3)10-19-9-11-8-12(16)4-5-13(11)21-14(17)18/h4-5,8,14,19H,6-7,9-10H2,1-3H3. The average Bonchev–Trinajstić information content (AvgIpc) is 2.39. The Balaban J connectivity index is 2.59. The SMILES string of the molecule is COCCC(C)(C)CNCc1cc(Br)ccc1OC(F)F. The summed E-state index contributed by atoms with van der Waals surface area (Å²) in [5.41, 5.74) is 0.776. The summed E-state index contributed by atoms with van der Waals surface area (Å²) in [4.78, 5) is 0. The Morgan fingerprint density at radius 3 is 2.67 bits per heavy atom. The maximum absolute atomic E-state index is 12.4. The van der Waals surface area contributed by atoms with Gasteiger partial charge in [-0.15, -0.1) is 0 Å². The Morgan fingerprint density at radius 2 is 2.05 bits per heavy atom. The first kappa shape index (κ1) is 18.3. The topological polar surface area (TPSA) is 30.5 Å². The molecule has 1 N–H and O–H groups in total. The van der Waals surface area contributed by atoms with Crippen molar-refractivity contribution in [3.63, 3.8) is 0 Å². The predicted molar refractivity (Wildman–Crippen MR) is 82.8 cm³/mol. The summed E-state index contributed by atoms with van der Waals surface area (Å²) < 4.78 is 35.2. The van der Waals surface area contributed by atoms with Crippen LogP contribution in [0.3, 0.4) is 0 Å². The van der Waals surface area contributed by atoms with E-state index < -0.39 is 6.61 Å². The Labute approximate surface area is 133 Å². The van der Waals surface area contributed by atoms with Gasteiger partial charge in [0.15, 0.2) is 0 Å². The van der Waals surface area contributed by atoms with Crippen LogP contribution in [0.1, 0.15) is 25.8 Å². The van der Waals surface area contributed by atoms with Crippen molar-refractivity contribution in [1.29, 1.82) is 0 Å². The Hall–Kier alpha value is -0.720. The van der Waals surface area contributed by atoms with Crippen LogP contribution in [0.5, 0.6) is 5.75 Å². The molecule has 0 heterocycles. The molecule has 0 aliphatic carbocycles. The van der Waals surface area contributed by atoms with E-state index in [0.717, 1.165) is 17.4 Å². The van der Waals surface area contributed by atoms with Gasteiger partial charge in [-0.2, -0.15) is 8.78 Å². The van der Waals surface area contributed by atoms with Crippen LogP contribution >= 0.6 is 15.9 Å². The van der Waals surface area contributed by atoms with Gasteiger partial charge in [-0.05, 0) is 30.0 Å². The van der Waals surface area contributed by atoms with Crippen LogP contribution in [-0.2, 0) is 11.3 Å². The van der Waals surface area contributed by atoms with E-state index in [1.807, 2.05) is 0 Å². The number of ether oxygens (including phenoxy) is 2. The molecule has 120 valence electrons. The van der Waals surface area contributed by atoms with E-state index in [1.165, 1.54) is 0 Å². The molecule has 1 aromatic carbocycles.